The van der Waals surface area contributed by atoms with Crippen molar-refractivity contribution < 1.29 is 15.3 Å². The minimum Gasteiger partial charge on any atom is -0.394 e. The highest BCUT2D eigenvalue weighted by atomic mass is 35.5. The summed E-state index contributed by atoms with van der Waals surface area (Å²) in [7, 11) is 0. The molecular formula is C9H9ClN2O3. The zero-order valence-electron chi connectivity index (χ0n) is 7.63. The standard InChI is InChI=1S/C9H9ClN2O3/c10-9-6(8(15)7(14)4-13)1-5(2-11)3-12-9/h1,3,7-8,13-15H,4H2. The van der Waals surface area contributed by atoms with E-state index in [0.717, 1.165) is 0 Å². The molecule has 0 bridgehead atoms. The van der Waals surface area contributed by atoms with Crippen molar-refractivity contribution in [3.05, 3.63) is 28.5 Å². The molecule has 3 N–H and O–H groups in total. The van der Waals surface area contributed by atoms with E-state index in [-0.39, 0.29) is 16.3 Å². The van der Waals surface area contributed by atoms with Crippen LogP contribution in [0.25, 0.3) is 0 Å². The minimum atomic E-state index is -1.36. The van der Waals surface area contributed by atoms with Crippen molar-refractivity contribution in [3.8, 4) is 6.07 Å². The first-order valence-electron chi connectivity index (χ1n) is 4.12. The van der Waals surface area contributed by atoms with Crippen LogP contribution < -0.4 is 0 Å². The van der Waals surface area contributed by atoms with E-state index in [0.29, 0.717) is 0 Å². The van der Waals surface area contributed by atoms with Crippen LogP contribution in [0.15, 0.2) is 12.3 Å². The van der Waals surface area contributed by atoms with Crippen molar-refractivity contribution in [3.63, 3.8) is 0 Å². The van der Waals surface area contributed by atoms with Crippen molar-refractivity contribution in [2.24, 2.45) is 0 Å². The molecule has 0 saturated carbocycles. The lowest BCUT2D eigenvalue weighted by Crippen LogP contribution is -2.22. The van der Waals surface area contributed by atoms with Gasteiger partial charge in [0.15, 0.2) is 0 Å². The first-order valence-corrected chi connectivity index (χ1v) is 4.50. The molecule has 0 amide bonds. The van der Waals surface area contributed by atoms with E-state index in [1.807, 2.05) is 6.07 Å². The lowest BCUT2D eigenvalue weighted by Gasteiger charge is -2.16. The molecule has 1 aromatic rings. The quantitative estimate of drug-likeness (QED) is 0.633. The number of nitriles is 1. The summed E-state index contributed by atoms with van der Waals surface area (Å²) in [5, 5.41) is 36.0. The van der Waals surface area contributed by atoms with Gasteiger partial charge in [0, 0.05) is 11.8 Å². The lowest BCUT2D eigenvalue weighted by molar-refractivity contribution is -0.0153. The molecule has 0 aromatic carbocycles. The Balaban J connectivity index is 3.07. The van der Waals surface area contributed by atoms with Crippen LogP contribution in [0.5, 0.6) is 0 Å². The van der Waals surface area contributed by atoms with Crippen molar-refractivity contribution in [1.82, 2.24) is 4.98 Å². The Labute approximate surface area is 91.2 Å². The molecule has 15 heavy (non-hydrogen) atoms. The maximum absolute atomic E-state index is 9.55. The van der Waals surface area contributed by atoms with Gasteiger partial charge in [0.2, 0.25) is 0 Å². The average molecular weight is 229 g/mol. The van der Waals surface area contributed by atoms with Gasteiger partial charge in [-0.3, -0.25) is 0 Å². The number of pyridine rings is 1. The summed E-state index contributed by atoms with van der Waals surface area (Å²) < 4.78 is 0. The summed E-state index contributed by atoms with van der Waals surface area (Å²) >= 11 is 5.68. The fraction of sp³-hybridized carbons (Fsp3) is 0.333. The Kier molecular flexibility index (Phi) is 4.00. The van der Waals surface area contributed by atoms with Crippen molar-refractivity contribution in [2.75, 3.05) is 6.61 Å². The van der Waals surface area contributed by atoms with Gasteiger partial charge in [0.05, 0.1) is 12.2 Å². The second-order valence-electron chi connectivity index (χ2n) is 2.91. The average Bonchev–Trinajstić information content (AvgIpc) is 2.27. The normalized spacial score (nSPS) is 14.3. The highest BCUT2D eigenvalue weighted by molar-refractivity contribution is 6.30. The van der Waals surface area contributed by atoms with Gasteiger partial charge in [-0.1, -0.05) is 11.6 Å². The second kappa shape index (κ2) is 5.05. The maximum atomic E-state index is 9.55. The van der Waals surface area contributed by atoms with Gasteiger partial charge >= 0.3 is 0 Å². The third-order valence-corrected chi connectivity index (χ3v) is 2.18. The van der Waals surface area contributed by atoms with E-state index in [9.17, 15) is 10.2 Å². The van der Waals surface area contributed by atoms with Crippen LogP contribution in [0.1, 0.15) is 17.2 Å². The molecule has 0 aliphatic rings. The predicted molar refractivity (Wildman–Crippen MR) is 52.0 cm³/mol. The van der Waals surface area contributed by atoms with Crippen LogP contribution in [0.3, 0.4) is 0 Å². The maximum Gasteiger partial charge on any atom is 0.134 e. The van der Waals surface area contributed by atoms with Crippen LogP contribution in [0.4, 0.5) is 0 Å². The molecule has 0 aliphatic carbocycles. The van der Waals surface area contributed by atoms with Crippen LogP contribution >= 0.6 is 11.6 Å². The second-order valence-corrected chi connectivity index (χ2v) is 3.27. The Morgan fingerprint density at radius 2 is 2.20 bits per heavy atom. The fourth-order valence-corrected chi connectivity index (χ4v) is 1.26. The Bertz CT molecular complexity index is 391. The molecule has 2 unspecified atom stereocenters. The largest absolute Gasteiger partial charge is 0.394 e. The summed E-state index contributed by atoms with van der Waals surface area (Å²) in [4.78, 5) is 3.68. The molecule has 6 heteroatoms. The lowest BCUT2D eigenvalue weighted by atomic mass is 10.1. The van der Waals surface area contributed by atoms with E-state index >= 15 is 0 Å². The fourth-order valence-electron chi connectivity index (χ4n) is 1.04. The molecule has 0 aliphatic heterocycles. The minimum absolute atomic E-state index is 0.00556. The molecule has 5 nitrogen and oxygen atoms in total. The first kappa shape index (κ1) is 11.9. The summed E-state index contributed by atoms with van der Waals surface area (Å²) in [5.41, 5.74) is 0.343. The number of halogens is 1. The summed E-state index contributed by atoms with van der Waals surface area (Å²) in [6.45, 7) is -0.603. The van der Waals surface area contributed by atoms with E-state index < -0.39 is 18.8 Å². The summed E-state index contributed by atoms with van der Waals surface area (Å²) in [5.74, 6) is 0. The molecule has 0 fully saturated rings. The SMILES string of the molecule is N#Cc1cnc(Cl)c(C(O)C(O)CO)c1. The third kappa shape index (κ3) is 2.64. The predicted octanol–water partition coefficient (Wildman–Crippen LogP) is -0.00672. The Morgan fingerprint density at radius 1 is 1.53 bits per heavy atom. The van der Waals surface area contributed by atoms with Crippen molar-refractivity contribution >= 4 is 11.6 Å². The smallest absolute Gasteiger partial charge is 0.134 e. The van der Waals surface area contributed by atoms with E-state index in [4.69, 9.17) is 22.0 Å². The Morgan fingerprint density at radius 3 is 2.73 bits per heavy atom. The van der Waals surface area contributed by atoms with Gasteiger partial charge in [-0.15, -0.1) is 0 Å². The zero-order valence-corrected chi connectivity index (χ0v) is 8.39. The van der Waals surface area contributed by atoms with E-state index in [1.54, 1.807) is 0 Å². The van der Waals surface area contributed by atoms with Gasteiger partial charge in [-0.25, -0.2) is 4.98 Å². The molecule has 0 spiro atoms. The van der Waals surface area contributed by atoms with E-state index in [1.165, 1.54) is 12.3 Å². The highest BCUT2D eigenvalue weighted by Gasteiger charge is 2.21. The number of aromatic nitrogens is 1. The number of aliphatic hydroxyl groups excluding tert-OH is 3. The van der Waals surface area contributed by atoms with E-state index in [2.05, 4.69) is 4.98 Å². The monoisotopic (exact) mass is 228 g/mol. The van der Waals surface area contributed by atoms with Crippen LogP contribution in [-0.2, 0) is 0 Å². The molecule has 1 rings (SSSR count). The van der Waals surface area contributed by atoms with Gasteiger partial charge < -0.3 is 15.3 Å². The number of aliphatic hydroxyl groups is 3. The molecule has 80 valence electrons. The van der Waals surface area contributed by atoms with Gasteiger partial charge in [-0.05, 0) is 6.07 Å². The number of hydrogen-bond acceptors (Lipinski definition) is 5. The highest BCUT2D eigenvalue weighted by Crippen LogP contribution is 2.24. The molecule has 2 atom stereocenters. The van der Waals surface area contributed by atoms with Crippen LogP contribution in [0.2, 0.25) is 5.15 Å². The summed E-state index contributed by atoms with van der Waals surface area (Å²) in [6.07, 6.45) is -1.45. The van der Waals surface area contributed by atoms with Gasteiger partial charge in [0.25, 0.3) is 0 Å². The van der Waals surface area contributed by atoms with Crippen molar-refractivity contribution in [2.45, 2.75) is 12.2 Å². The molecule has 1 aromatic heterocycles. The Hall–Kier alpha value is -1.19. The molecule has 1 heterocycles. The molecular weight excluding hydrogens is 220 g/mol. The summed E-state index contributed by atoms with van der Waals surface area (Å²) in [6, 6.07) is 3.15. The number of rotatable bonds is 3. The van der Waals surface area contributed by atoms with Crippen molar-refractivity contribution in [1.29, 1.82) is 5.26 Å². The first-order chi connectivity index (χ1) is 7.10. The topological polar surface area (TPSA) is 97.4 Å². The van der Waals surface area contributed by atoms with Crippen LogP contribution in [-0.4, -0.2) is 33.0 Å². The third-order valence-electron chi connectivity index (χ3n) is 1.87. The molecule has 0 saturated heterocycles. The number of hydrogen-bond donors (Lipinski definition) is 3. The van der Waals surface area contributed by atoms with Gasteiger partial charge in [0.1, 0.15) is 23.4 Å². The van der Waals surface area contributed by atoms with Crippen LogP contribution in [0, 0.1) is 11.3 Å². The van der Waals surface area contributed by atoms with Gasteiger partial charge in [-0.2, -0.15) is 5.26 Å². The molecule has 0 radical (unpaired) electrons. The number of nitrogens with zero attached hydrogens (tertiary/aromatic N) is 2. The zero-order chi connectivity index (χ0) is 11.4.